The predicted octanol–water partition coefficient (Wildman–Crippen LogP) is 3.29. The van der Waals surface area contributed by atoms with Gasteiger partial charge in [-0.25, -0.2) is 4.39 Å². The van der Waals surface area contributed by atoms with Crippen LogP contribution in [0.15, 0.2) is 41.6 Å². The standard InChI is InChI=1S/C13H14FN3S/c1-9(2)8-18-13-16-15-12(17(13)3)10-6-4-5-7-11(10)14/h4-7H,1,8H2,2-3H3. The van der Waals surface area contributed by atoms with Crippen LogP contribution in [-0.2, 0) is 7.05 Å². The van der Waals surface area contributed by atoms with Crippen molar-refractivity contribution in [1.82, 2.24) is 14.8 Å². The zero-order valence-electron chi connectivity index (χ0n) is 10.4. The maximum absolute atomic E-state index is 13.7. The Bertz CT molecular complexity index is 577. The Balaban J connectivity index is 2.31. The van der Waals surface area contributed by atoms with Gasteiger partial charge >= 0.3 is 0 Å². The summed E-state index contributed by atoms with van der Waals surface area (Å²) in [5, 5.41) is 8.88. The molecule has 0 atom stereocenters. The summed E-state index contributed by atoms with van der Waals surface area (Å²) in [6.07, 6.45) is 0. The zero-order valence-corrected chi connectivity index (χ0v) is 11.2. The van der Waals surface area contributed by atoms with Crippen molar-refractivity contribution in [3.8, 4) is 11.4 Å². The highest BCUT2D eigenvalue weighted by Crippen LogP contribution is 2.25. The van der Waals surface area contributed by atoms with Gasteiger partial charge in [0.05, 0.1) is 5.56 Å². The normalized spacial score (nSPS) is 10.6. The first-order chi connectivity index (χ1) is 8.59. The second kappa shape index (κ2) is 5.35. The smallest absolute Gasteiger partial charge is 0.191 e. The summed E-state index contributed by atoms with van der Waals surface area (Å²) in [5.41, 5.74) is 1.53. The molecule has 0 unspecified atom stereocenters. The van der Waals surface area contributed by atoms with Gasteiger partial charge in [-0.3, -0.25) is 0 Å². The van der Waals surface area contributed by atoms with Crippen molar-refractivity contribution < 1.29 is 4.39 Å². The van der Waals surface area contributed by atoms with Crippen LogP contribution in [0.5, 0.6) is 0 Å². The van der Waals surface area contributed by atoms with Crippen LogP contribution >= 0.6 is 11.8 Å². The number of nitrogens with zero attached hydrogens (tertiary/aromatic N) is 3. The van der Waals surface area contributed by atoms with E-state index >= 15 is 0 Å². The molecular formula is C13H14FN3S. The molecule has 2 rings (SSSR count). The van der Waals surface area contributed by atoms with E-state index in [0.717, 1.165) is 16.5 Å². The average Bonchev–Trinajstić information content (AvgIpc) is 2.69. The minimum absolute atomic E-state index is 0.288. The van der Waals surface area contributed by atoms with Crippen LogP contribution in [-0.4, -0.2) is 20.5 Å². The van der Waals surface area contributed by atoms with Gasteiger partial charge in [0, 0.05) is 12.8 Å². The molecule has 94 valence electrons. The monoisotopic (exact) mass is 263 g/mol. The fourth-order valence-electron chi connectivity index (χ4n) is 1.51. The highest BCUT2D eigenvalue weighted by atomic mass is 32.2. The summed E-state index contributed by atoms with van der Waals surface area (Å²) < 4.78 is 15.5. The summed E-state index contributed by atoms with van der Waals surface area (Å²) in [5.74, 6) is 1.03. The van der Waals surface area contributed by atoms with Crippen LogP contribution in [0.1, 0.15) is 6.92 Å². The molecule has 0 amide bonds. The molecule has 2 aromatic rings. The topological polar surface area (TPSA) is 30.7 Å². The van der Waals surface area contributed by atoms with Crippen molar-refractivity contribution in [3.05, 3.63) is 42.2 Å². The van der Waals surface area contributed by atoms with Crippen molar-refractivity contribution in [2.45, 2.75) is 12.1 Å². The molecule has 0 bridgehead atoms. The van der Waals surface area contributed by atoms with Crippen LogP contribution in [0.3, 0.4) is 0 Å². The minimum Gasteiger partial charge on any atom is -0.305 e. The van der Waals surface area contributed by atoms with Crippen molar-refractivity contribution in [3.63, 3.8) is 0 Å². The maximum atomic E-state index is 13.7. The molecule has 1 aromatic carbocycles. The minimum atomic E-state index is -0.288. The molecule has 0 spiro atoms. The number of hydrogen-bond acceptors (Lipinski definition) is 3. The zero-order chi connectivity index (χ0) is 13.1. The van der Waals surface area contributed by atoms with Crippen LogP contribution in [0.4, 0.5) is 4.39 Å². The maximum Gasteiger partial charge on any atom is 0.191 e. The lowest BCUT2D eigenvalue weighted by Gasteiger charge is -2.04. The van der Waals surface area contributed by atoms with Crippen LogP contribution in [0.25, 0.3) is 11.4 Å². The van der Waals surface area contributed by atoms with E-state index in [-0.39, 0.29) is 5.82 Å². The third kappa shape index (κ3) is 2.61. The Morgan fingerprint density at radius 3 is 2.78 bits per heavy atom. The highest BCUT2D eigenvalue weighted by Gasteiger charge is 2.13. The van der Waals surface area contributed by atoms with Crippen LogP contribution in [0.2, 0.25) is 0 Å². The molecule has 1 aromatic heterocycles. The first-order valence-corrected chi connectivity index (χ1v) is 6.49. The van der Waals surface area contributed by atoms with Crippen molar-refractivity contribution >= 4 is 11.8 Å². The van der Waals surface area contributed by atoms with Gasteiger partial charge in [0.15, 0.2) is 11.0 Å². The molecule has 0 aliphatic carbocycles. The van der Waals surface area contributed by atoms with Gasteiger partial charge in [-0.05, 0) is 19.1 Å². The van der Waals surface area contributed by atoms with Gasteiger partial charge in [-0.1, -0.05) is 36.0 Å². The summed E-state index contributed by atoms with van der Waals surface area (Å²) in [4.78, 5) is 0. The SMILES string of the molecule is C=C(C)CSc1nnc(-c2ccccc2F)n1C. The Kier molecular flexibility index (Phi) is 3.81. The van der Waals surface area contributed by atoms with E-state index in [1.165, 1.54) is 6.07 Å². The van der Waals surface area contributed by atoms with Gasteiger partial charge < -0.3 is 4.57 Å². The van der Waals surface area contributed by atoms with Gasteiger partial charge in [0.1, 0.15) is 5.82 Å². The Morgan fingerprint density at radius 1 is 1.39 bits per heavy atom. The van der Waals surface area contributed by atoms with Gasteiger partial charge in [0.2, 0.25) is 0 Å². The molecule has 3 nitrogen and oxygen atoms in total. The Hall–Kier alpha value is -1.62. The molecule has 5 heteroatoms. The Labute approximate surface area is 110 Å². The largest absolute Gasteiger partial charge is 0.305 e. The lowest BCUT2D eigenvalue weighted by Crippen LogP contribution is -1.97. The van der Waals surface area contributed by atoms with E-state index in [0.29, 0.717) is 11.4 Å². The summed E-state index contributed by atoms with van der Waals surface area (Å²) >= 11 is 1.54. The number of thioether (sulfide) groups is 1. The summed E-state index contributed by atoms with van der Waals surface area (Å²) in [6, 6.07) is 6.57. The van der Waals surface area contributed by atoms with E-state index < -0.39 is 0 Å². The number of rotatable bonds is 4. The van der Waals surface area contributed by atoms with E-state index in [9.17, 15) is 4.39 Å². The third-order valence-electron chi connectivity index (χ3n) is 2.40. The fraction of sp³-hybridized carbons (Fsp3) is 0.231. The van der Waals surface area contributed by atoms with E-state index in [1.54, 1.807) is 34.5 Å². The molecule has 0 saturated carbocycles. The van der Waals surface area contributed by atoms with Crippen LogP contribution < -0.4 is 0 Å². The van der Waals surface area contributed by atoms with E-state index in [1.807, 2.05) is 14.0 Å². The molecule has 0 N–H and O–H groups in total. The van der Waals surface area contributed by atoms with Gasteiger partial charge in [0.25, 0.3) is 0 Å². The Morgan fingerprint density at radius 2 is 2.11 bits per heavy atom. The molecule has 0 fully saturated rings. The second-order valence-corrected chi connectivity index (χ2v) is 5.03. The van der Waals surface area contributed by atoms with Crippen molar-refractivity contribution in [2.24, 2.45) is 7.05 Å². The van der Waals surface area contributed by atoms with Crippen molar-refractivity contribution in [1.29, 1.82) is 0 Å². The predicted molar refractivity (Wildman–Crippen MR) is 71.9 cm³/mol. The second-order valence-electron chi connectivity index (χ2n) is 4.09. The molecule has 18 heavy (non-hydrogen) atoms. The lowest BCUT2D eigenvalue weighted by molar-refractivity contribution is 0.628. The number of benzene rings is 1. The lowest BCUT2D eigenvalue weighted by atomic mass is 10.2. The quantitative estimate of drug-likeness (QED) is 0.626. The fourth-order valence-corrected chi connectivity index (χ4v) is 2.26. The first kappa shape index (κ1) is 12.8. The molecule has 0 aliphatic heterocycles. The van der Waals surface area contributed by atoms with E-state index in [2.05, 4.69) is 16.8 Å². The summed E-state index contributed by atoms with van der Waals surface area (Å²) in [6.45, 7) is 5.80. The average molecular weight is 263 g/mol. The van der Waals surface area contributed by atoms with E-state index in [4.69, 9.17) is 0 Å². The third-order valence-corrected chi connectivity index (χ3v) is 3.65. The number of hydrogen-bond donors (Lipinski definition) is 0. The highest BCUT2D eigenvalue weighted by molar-refractivity contribution is 7.99. The van der Waals surface area contributed by atoms with Crippen LogP contribution in [0, 0.1) is 5.82 Å². The molecule has 0 saturated heterocycles. The number of halogens is 1. The molecular weight excluding hydrogens is 249 g/mol. The van der Waals surface area contributed by atoms with Gasteiger partial charge in [-0.15, -0.1) is 10.2 Å². The molecule has 0 radical (unpaired) electrons. The number of aromatic nitrogens is 3. The first-order valence-electron chi connectivity index (χ1n) is 5.51. The molecule has 0 aliphatic rings. The molecule has 1 heterocycles. The van der Waals surface area contributed by atoms with Crippen molar-refractivity contribution in [2.75, 3.05) is 5.75 Å². The summed E-state index contributed by atoms with van der Waals surface area (Å²) in [7, 11) is 1.84. The van der Waals surface area contributed by atoms with Gasteiger partial charge in [-0.2, -0.15) is 0 Å².